The van der Waals surface area contributed by atoms with Crippen LogP contribution in [-0.4, -0.2) is 39.6 Å². The first-order valence-electron chi connectivity index (χ1n) is 8.43. The van der Waals surface area contributed by atoms with E-state index in [0.29, 0.717) is 0 Å². The number of hydrogen-bond donors (Lipinski definition) is 0. The minimum atomic E-state index is -0.312. The molecule has 7 heteroatoms. The zero-order valence-electron chi connectivity index (χ0n) is 14.7. The smallest absolute Gasteiger partial charge is 0.399 e. The summed E-state index contributed by atoms with van der Waals surface area (Å²) in [5.74, 6) is 1.01. The van der Waals surface area contributed by atoms with Crippen molar-refractivity contribution in [2.24, 2.45) is 0 Å². The lowest BCUT2D eigenvalue weighted by atomic mass is 9.79. The van der Waals surface area contributed by atoms with E-state index in [1.165, 1.54) is 5.69 Å². The largest absolute Gasteiger partial charge is 0.494 e. The van der Waals surface area contributed by atoms with Crippen molar-refractivity contribution < 1.29 is 9.31 Å². The molecule has 4 rings (SSSR count). The van der Waals surface area contributed by atoms with E-state index in [1.807, 2.05) is 0 Å². The van der Waals surface area contributed by atoms with Crippen LogP contribution >= 0.6 is 0 Å². The second kappa shape index (κ2) is 5.32. The van der Waals surface area contributed by atoms with Gasteiger partial charge in [-0.05, 0) is 45.3 Å². The molecule has 2 aliphatic heterocycles. The SMILES string of the molecule is CC1(C)OB(c2ccc(N3CCn4cnnc4C3)cc2)OC1(C)C. The third-order valence-electron chi connectivity index (χ3n) is 5.42. The number of rotatable bonds is 2. The van der Waals surface area contributed by atoms with Gasteiger partial charge in [-0.2, -0.15) is 0 Å². The van der Waals surface area contributed by atoms with E-state index in [4.69, 9.17) is 9.31 Å². The monoisotopic (exact) mass is 326 g/mol. The topological polar surface area (TPSA) is 52.4 Å². The standard InChI is InChI=1S/C17H23BN4O2/c1-16(2)17(3,4)24-18(23-16)13-5-7-14(8-6-13)21-9-10-22-12-19-20-15(22)11-21/h5-8,12H,9-11H2,1-4H3. The molecule has 1 fully saturated rings. The van der Waals surface area contributed by atoms with Gasteiger partial charge in [-0.1, -0.05) is 12.1 Å². The number of anilines is 1. The second-order valence-corrected chi connectivity index (χ2v) is 7.54. The molecule has 126 valence electrons. The number of aromatic nitrogens is 3. The van der Waals surface area contributed by atoms with Crippen LogP contribution in [0.4, 0.5) is 5.69 Å². The average Bonchev–Trinajstić information content (AvgIpc) is 3.09. The Hall–Kier alpha value is -1.86. The Balaban J connectivity index is 1.50. The third kappa shape index (κ3) is 2.52. The van der Waals surface area contributed by atoms with Gasteiger partial charge in [0.05, 0.1) is 17.7 Å². The van der Waals surface area contributed by atoms with Crippen molar-refractivity contribution in [1.29, 1.82) is 0 Å². The quantitative estimate of drug-likeness (QED) is 0.785. The molecule has 2 aromatic rings. The third-order valence-corrected chi connectivity index (χ3v) is 5.42. The van der Waals surface area contributed by atoms with Crippen LogP contribution in [0.5, 0.6) is 0 Å². The number of fused-ring (bicyclic) bond motifs is 1. The molecule has 0 bridgehead atoms. The highest BCUT2D eigenvalue weighted by Gasteiger charge is 2.51. The summed E-state index contributed by atoms with van der Waals surface area (Å²) < 4.78 is 14.3. The number of hydrogen-bond acceptors (Lipinski definition) is 5. The lowest BCUT2D eigenvalue weighted by Crippen LogP contribution is -2.41. The molecule has 2 aliphatic rings. The van der Waals surface area contributed by atoms with E-state index >= 15 is 0 Å². The molecule has 0 saturated carbocycles. The van der Waals surface area contributed by atoms with Gasteiger partial charge < -0.3 is 18.8 Å². The predicted molar refractivity (Wildman–Crippen MR) is 93.2 cm³/mol. The Morgan fingerprint density at radius 3 is 2.33 bits per heavy atom. The van der Waals surface area contributed by atoms with Crippen LogP contribution in [0.2, 0.25) is 0 Å². The molecule has 0 radical (unpaired) electrons. The predicted octanol–water partition coefficient (Wildman–Crippen LogP) is 1.60. The van der Waals surface area contributed by atoms with Gasteiger partial charge in [-0.25, -0.2) is 0 Å². The van der Waals surface area contributed by atoms with Crippen LogP contribution in [0.3, 0.4) is 0 Å². The summed E-state index contributed by atoms with van der Waals surface area (Å²) in [6, 6.07) is 8.45. The number of nitrogens with zero attached hydrogens (tertiary/aromatic N) is 4. The van der Waals surface area contributed by atoms with E-state index in [-0.39, 0.29) is 18.3 Å². The molecule has 1 aromatic heterocycles. The van der Waals surface area contributed by atoms with E-state index in [9.17, 15) is 0 Å². The van der Waals surface area contributed by atoms with Crippen molar-refractivity contribution in [3.63, 3.8) is 0 Å². The molecule has 0 spiro atoms. The maximum Gasteiger partial charge on any atom is 0.494 e. The Morgan fingerprint density at radius 1 is 1.00 bits per heavy atom. The molecule has 1 aromatic carbocycles. The molecule has 0 amide bonds. The van der Waals surface area contributed by atoms with E-state index in [0.717, 1.165) is 30.9 Å². The summed E-state index contributed by atoms with van der Waals surface area (Å²) in [5, 5.41) is 8.15. The van der Waals surface area contributed by atoms with E-state index in [2.05, 4.69) is 71.6 Å². The summed E-state index contributed by atoms with van der Waals surface area (Å²) in [4.78, 5) is 2.32. The van der Waals surface area contributed by atoms with Crippen molar-refractivity contribution in [2.75, 3.05) is 11.4 Å². The highest BCUT2D eigenvalue weighted by molar-refractivity contribution is 6.62. The molecule has 0 aliphatic carbocycles. The summed E-state index contributed by atoms with van der Waals surface area (Å²) in [7, 11) is -0.312. The Morgan fingerprint density at radius 2 is 1.67 bits per heavy atom. The molecule has 3 heterocycles. The zero-order chi connectivity index (χ0) is 16.9. The fourth-order valence-corrected chi connectivity index (χ4v) is 3.11. The van der Waals surface area contributed by atoms with Crippen LogP contribution < -0.4 is 10.4 Å². The number of benzene rings is 1. The molecule has 0 atom stereocenters. The van der Waals surface area contributed by atoms with Gasteiger partial charge in [0, 0.05) is 18.8 Å². The van der Waals surface area contributed by atoms with E-state index in [1.54, 1.807) is 6.33 Å². The first-order chi connectivity index (χ1) is 11.4. The molecular weight excluding hydrogens is 303 g/mol. The zero-order valence-corrected chi connectivity index (χ0v) is 14.7. The second-order valence-electron chi connectivity index (χ2n) is 7.54. The first kappa shape index (κ1) is 15.7. The van der Waals surface area contributed by atoms with Gasteiger partial charge in [0.2, 0.25) is 0 Å². The fraction of sp³-hybridized carbons (Fsp3) is 0.529. The Kier molecular flexibility index (Phi) is 3.47. The van der Waals surface area contributed by atoms with Gasteiger partial charge in [0.15, 0.2) is 5.82 Å². The van der Waals surface area contributed by atoms with Crippen LogP contribution in [-0.2, 0) is 22.4 Å². The Bertz CT molecular complexity index is 725. The van der Waals surface area contributed by atoms with Crippen molar-refractivity contribution in [3.8, 4) is 0 Å². The van der Waals surface area contributed by atoms with Crippen LogP contribution in [0.25, 0.3) is 0 Å². The van der Waals surface area contributed by atoms with E-state index < -0.39 is 0 Å². The maximum absolute atomic E-state index is 6.11. The highest BCUT2D eigenvalue weighted by atomic mass is 16.7. The summed E-state index contributed by atoms with van der Waals surface area (Å²) in [6.07, 6.45) is 1.80. The van der Waals surface area contributed by atoms with Gasteiger partial charge in [-0.15, -0.1) is 10.2 Å². The van der Waals surface area contributed by atoms with Crippen LogP contribution in [0.1, 0.15) is 33.5 Å². The Labute approximate surface area is 142 Å². The maximum atomic E-state index is 6.11. The van der Waals surface area contributed by atoms with Gasteiger partial charge in [0.25, 0.3) is 0 Å². The van der Waals surface area contributed by atoms with Crippen molar-refractivity contribution in [3.05, 3.63) is 36.4 Å². The first-order valence-corrected chi connectivity index (χ1v) is 8.43. The molecule has 1 saturated heterocycles. The van der Waals surface area contributed by atoms with Gasteiger partial charge in [-0.3, -0.25) is 0 Å². The van der Waals surface area contributed by atoms with Crippen LogP contribution in [0.15, 0.2) is 30.6 Å². The molecule has 0 N–H and O–H groups in total. The lowest BCUT2D eigenvalue weighted by molar-refractivity contribution is 0.00578. The van der Waals surface area contributed by atoms with Gasteiger partial charge >= 0.3 is 7.12 Å². The summed E-state index contributed by atoms with van der Waals surface area (Å²) in [5.41, 5.74) is 1.61. The van der Waals surface area contributed by atoms with Crippen molar-refractivity contribution in [2.45, 2.75) is 52.0 Å². The normalized spacial score (nSPS) is 21.8. The minimum Gasteiger partial charge on any atom is -0.399 e. The molecule has 24 heavy (non-hydrogen) atoms. The van der Waals surface area contributed by atoms with Gasteiger partial charge in [0.1, 0.15) is 6.33 Å². The molecule has 6 nitrogen and oxygen atoms in total. The fourth-order valence-electron chi connectivity index (χ4n) is 3.11. The lowest BCUT2D eigenvalue weighted by Gasteiger charge is -2.32. The highest BCUT2D eigenvalue weighted by Crippen LogP contribution is 2.36. The van der Waals surface area contributed by atoms with Crippen LogP contribution in [0, 0.1) is 0 Å². The minimum absolute atomic E-state index is 0.312. The molecule has 0 unspecified atom stereocenters. The summed E-state index contributed by atoms with van der Waals surface area (Å²) >= 11 is 0. The molecular formula is C17H23BN4O2. The average molecular weight is 326 g/mol. The summed E-state index contributed by atoms with van der Waals surface area (Å²) in [6.45, 7) is 11.0. The van der Waals surface area contributed by atoms with Crippen molar-refractivity contribution >= 4 is 18.3 Å². The van der Waals surface area contributed by atoms with Crippen molar-refractivity contribution in [1.82, 2.24) is 14.8 Å².